The second-order valence-corrected chi connectivity index (χ2v) is 5.29. The smallest absolute Gasteiger partial charge is 0.305 e. The van der Waals surface area contributed by atoms with Crippen LogP contribution in [0.15, 0.2) is 0 Å². The molecule has 4 heteroatoms. The molecule has 0 bridgehead atoms. The van der Waals surface area contributed by atoms with E-state index in [0.717, 1.165) is 51.7 Å². The van der Waals surface area contributed by atoms with Crippen molar-refractivity contribution in [3.63, 3.8) is 0 Å². The number of nitrogens with one attached hydrogen (secondary N) is 1. The molecule has 0 atom stereocenters. The molecule has 0 saturated carbocycles. The van der Waals surface area contributed by atoms with Gasteiger partial charge in [-0.05, 0) is 59.4 Å². The number of rotatable bonds is 13. The van der Waals surface area contributed by atoms with Gasteiger partial charge in [-0.25, -0.2) is 0 Å². The summed E-state index contributed by atoms with van der Waals surface area (Å²) in [6, 6.07) is 0. The summed E-state index contributed by atoms with van der Waals surface area (Å²) in [5, 5.41) is 3.40. The summed E-state index contributed by atoms with van der Waals surface area (Å²) < 4.78 is 5.15. The van der Waals surface area contributed by atoms with Crippen LogP contribution < -0.4 is 5.32 Å². The molecule has 19 heavy (non-hydrogen) atoms. The van der Waals surface area contributed by atoms with Gasteiger partial charge in [0.25, 0.3) is 0 Å². The Morgan fingerprint density at radius 1 is 1.05 bits per heavy atom. The molecule has 0 fully saturated rings. The standard InChI is InChI=1S/C15H32N2O2/c1-4-5-8-14-19-15(18)10-6-7-11-16-12-9-13-17(2)3/h16H,4-14H2,1-3H3. The van der Waals surface area contributed by atoms with Gasteiger partial charge in [-0.1, -0.05) is 19.8 Å². The van der Waals surface area contributed by atoms with Gasteiger partial charge in [0.15, 0.2) is 0 Å². The maximum atomic E-state index is 11.4. The van der Waals surface area contributed by atoms with Crippen molar-refractivity contribution in [1.29, 1.82) is 0 Å². The molecule has 4 nitrogen and oxygen atoms in total. The van der Waals surface area contributed by atoms with Gasteiger partial charge in [0.2, 0.25) is 0 Å². The van der Waals surface area contributed by atoms with Gasteiger partial charge in [0, 0.05) is 6.42 Å². The minimum atomic E-state index is -0.0382. The third kappa shape index (κ3) is 15.3. The van der Waals surface area contributed by atoms with Gasteiger partial charge < -0.3 is 15.0 Å². The summed E-state index contributed by atoms with van der Waals surface area (Å²) in [6.07, 6.45) is 7.01. The van der Waals surface area contributed by atoms with Crippen LogP contribution in [-0.4, -0.2) is 51.2 Å². The van der Waals surface area contributed by atoms with Crippen LogP contribution >= 0.6 is 0 Å². The highest BCUT2D eigenvalue weighted by Crippen LogP contribution is 1.99. The van der Waals surface area contributed by atoms with Crippen LogP contribution in [0.4, 0.5) is 0 Å². The lowest BCUT2D eigenvalue weighted by Crippen LogP contribution is -2.22. The van der Waals surface area contributed by atoms with Gasteiger partial charge in [-0.3, -0.25) is 4.79 Å². The Hall–Kier alpha value is -0.610. The average molecular weight is 272 g/mol. The molecule has 0 saturated heterocycles. The summed E-state index contributed by atoms with van der Waals surface area (Å²) in [6.45, 7) is 5.91. The zero-order valence-electron chi connectivity index (χ0n) is 13.0. The van der Waals surface area contributed by atoms with Crippen LogP contribution in [0.1, 0.15) is 51.9 Å². The van der Waals surface area contributed by atoms with Crippen molar-refractivity contribution >= 4 is 5.97 Å². The van der Waals surface area contributed by atoms with E-state index in [9.17, 15) is 4.79 Å². The first-order valence-electron chi connectivity index (χ1n) is 7.68. The molecule has 0 aliphatic heterocycles. The topological polar surface area (TPSA) is 41.6 Å². The van der Waals surface area contributed by atoms with Crippen molar-refractivity contribution in [3.05, 3.63) is 0 Å². The molecule has 0 aliphatic carbocycles. The van der Waals surface area contributed by atoms with E-state index in [1.807, 2.05) is 0 Å². The zero-order chi connectivity index (χ0) is 14.3. The molecular formula is C15H32N2O2. The molecule has 0 amide bonds. The highest BCUT2D eigenvalue weighted by molar-refractivity contribution is 5.69. The quantitative estimate of drug-likeness (QED) is 0.413. The van der Waals surface area contributed by atoms with Crippen molar-refractivity contribution in [2.75, 3.05) is 40.3 Å². The van der Waals surface area contributed by atoms with E-state index in [4.69, 9.17) is 4.74 Å². The van der Waals surface area contributed by atoms with E-state index in [0.29, 0.717) is 13.0 Å². The van der Waals surface area contributed by atoms with E-state index in [1.54, 1.807) is 0 Å². The Balaban J connectivity index is 3.14. The average Bonchev–Trinajstić information content (AvgIpc) is 2.37. The minimum Gasteiger partial charge on any atom is -0.466 e. The number of hydrogen-bond acceptors (Lipinski definition) is 4. The molecule has 0 rings (SSSR count). The van der Waals surface area contributed by atoms with E-state index in [2.05, 4.69) is 31.2 Å². The number of carbonyl (C=O) groups is 1. The van der Waals surface area contributed by atoms with Gasteiger partial charge in [0.05, 0.1) is 6.61 Å². The molecule has 114 valence electrons. The van der Waals surface area contributed by atoms with Crippen LogP contribution in [0.2, 0.25) is 0 Å². The van der Waals surface area contributed by atoms with Crippen LogP contribution in [0.25, 0.3) is 0 Å². The van der Waals surface area contributed by atoms with E-state index >= 15 is 0 Å². The van der Waals surface area contributed by atoms with Gasteiger partial charge >= 0.3 is 5.97 Å². The Labute approximate surface area is 118 Å². The highest BCUT2D eigenvalue weighted by atomic mass is 16.5. The molecule has 0 spiro atoms. The number of hydrogen-bond donors (Lipinski definition) is 1. The van der Waals surface area contributed by atoms with E-state index < -0.39 is 0 Å². The van der Waals surface area contributed by atoms with Crippen LogP contribution in [0, 0.1) is 0 Å². The Morgan fingerprint density at radius 2 is 1.79 bits per heavy atom. The number of unbranched alkanes of at least 4 members (excludes halogenated alkanes) is 3. The third-order valence-corrected chi connectivity index (χ3v) is 2.95. The maximum Gasteiger partial charge on any atom is 0.305 e. The fraction of sp³-hybridized carbons (Fsp3) is 0.933. The molecule has 0 aliphatic rings. The molecule has 0 heterocycles. The summed E-state index contributed by atoms with van der Waals surface area (Å²) >= 11 is 0. The fourth-order valence-electron chi connectivity index (χ4n) is 1.77. The Kier molecular flexibility index (Phi) is 13.4. The van der Waals surface area contributed by atoms with Crippen molar-refractivity contribution in [3.8, 4) is 0 Å². The lowest BCUT2D eigenvalue weighted by Gasteiger charge is -2.09. The number of esters is 1. The van der Waals surface area contributed by atoms with Crippen LogP contribution in [0.5, 0.6) is 0 Å². The fourth-order valence-corrected chi connectivity index (χ4v) is 1.77. The SMILES string of the molecule is CCCCCOC(=O)CCCCNCCCN(C)C. The molecular weight excluding hydrogens is 240 g/mol. The van der Waals surface area contributed by atoms with Crippen molar-refractivity contribution < 1.29 is 9.53 Å². The lowest BCUT2D eigenvalue weighted by atomic mass is 10.2. The lowest BCUT2D eigenvalue weighted by molar-refractivity contribution is -0.143. The second kappa shape index (κ2) is 13.8. The predicted molar refractivity (Wildman–Crippen MR) is 80.4 cm³/mol. The predicted octanol–water partition coefficient (Wildman–Crippen LogP) is 2.43. The first-order chi connectivity index (χ1) is 9.16. The molecule has 1 N–H and O–H groups in total. The summed E-state index contributed by atoms with van der Waals surface area (Å²) in [4.78, 5) is 13.6. The normalized spacial score (nSPS) is 10.9. The van der Waals surface area contributed by atoms with Crippen molar-refractivity contribution in [2.24, 2.45) is 0 Å². The molecule has 0 unspecified atom stereocenters. The van der Waals surface area contributed by atoms with Gasteiger partial charge in [-0.2, -0.15) is 0 Å². The molecule has 0 radical (unpaired) electrons. The first-order valence-corrected chi connectivity index (χ1v) is 7.68. The van der Waals surface area contributed by atoms with Gasteiger partial charge in [0.1, 0.15) is 0 Å². The van der Waals surface area contributed by atoms with Crippen LogP contribution in [0.3, 0.4) is 0 Å². The largest absolute Gasteiger partial charge is 0.466 e. The second-order valence-electron chi connectivity index (χ2n) is 5.29. The Bertz CT molecular complexity index is 208. The Morgan fingerprint density at radius 3 is 2.47 bits per heavy atom. The summed E-state index contributed by atoms with van der Waals surface area (Å²) in [7, 11) is 4.18. The van der Waals surface area contributed by atoms with E-state index in [-0.39, 0.29) is 5.97 Å². The number of carbonyl (C=O) groups excluding carboxylic acids is 1. The van der Waals surface area contributed by atoms with Crippen molar-refractivity contribution in [1.82, 2.24) is 10.2 Å². The number of ether oxygens (including phenoxy) is 1. The van der Waals surface area contributed by atoms with Gasteiger partial charge in [-0.15, -0.1) is 0 Å². The third-order valence-electron chi connectivity index (χ3n) is 2.95. The zero-order valence-corrected chi connectivity index (χ0v) is 13.0. The minimum absolute atomic E-state index is 0.0382. The van der Waals surface area contributed by atoms with Crippen molar-refractivity contribution in [2.45, 2.75) is 51.9 Å². The monoisotopic (exact) mass is 272 g/mol. The molecule has 0 aromatic heterocycles. The van der Waals surface area contributed by atoms with E-state index in [1.165, 1.54) is 6.42 Å². The summed E-state index contributed by atoms with van der Waals surface area (Å²) in [5.41, 5.74) is 0. The maximum absolute atomic E-state index is 11.4. The number of nitrogens with zero attached hydrogens (tertiary/aromatic N) is 1. The first kappa shape index (κ1) is 18.4. The highest BCUT2D eigenvalue weighted by Gasteiger charge is 2.01. The molecule has 0 aromatic rings. The van der Waals surface area contributed by atoms with Crippen LogP contribution in [-0.2, 0) is 9.53 Å². The molecule has 0 aromatic carbocycles. The summed E-state index contributed by atoms with van der Waals surface area (Å²) in [5.74, 6) is -0.0382.